The third-order valence-corrected chi connectivity index (χ3v) is 3.86. The van der Waals surface area contributed by atoms with Gasteiger partial charge in [0.05, 0.1) is 25.2 Å². The SMILES string of the molecule is CC[C@H](NC(=O)c1ccc([N+](=O)[O-])cc1)c1ccc(OC)c(OC)c1. The van der Waals surface area contributed by atoms with E-state index < -0.39 is 4.92 Å². The maximum Gasteiger partial charge on any atom is 0.269 e. The summed E-state index contributed by atoms with van der Waals surface area (Å²) in [5, 5.41) is 13.6. The molecule has 0 aromatic heterocycles. The lowest BCUT2D eigenvalue weighted by atomic mass is 10.0. The first-order valence-corrected chi connectivity index (χ1v) is 7.77. The fourth-order valence-corrected chi connectivity index (χ4v) is 2.47. The lowest BCUT2D eigenvalue weighted by Crippen LogP contribution is -2.28. The molecule has 0 aliphatic heterocycles. The molecule has 0 saturated heterocycles. The van der Waals surface area contributed by atoms with Crippen molar-refractivity contribution in [2.75, 3.05) is 14.2 Å². The number of hydrogen-bond acceptors (Lipinski definition) is 5. The predicted octanol–water partition coefficient (Wildman–Crippen LogP) is 3.49. The Labute approximate surface area is 145 Å². The maximum absolute atomic E-state index is 12.4. The number of amides is 1. The van der Waals surface area contributed by atoms with Crippen LogP contribution in [0.2, 0.25) is 0 Å². The van der Waals surface area contributed by atoms with Crippen LogP contribution < -0.4 is 14.8 Å². The van der Waals surface area contributed by atoms with Crippen molar-refractivity contribution in [1.29, 1.82) is 0 Å². The van der Waals surface area contributed by atoms with Crippen molar-refractivity contribution >= 4 is 11.6 Å². The summed E-state index contributed by atoms with van der Waals surface area (Å²) >= 11 is 0. The normalized spacial score (nSPS) is 11.5. The van der Waals surface area contributed by atoms with Gasteiger partial charge in [0.2, 0.25) is 0 Å². The molecule has 1 atom stereocenters. The standard InChI is InChI=1S/C18H20N2O5/c1-4-15(13-7-10-16(24-2)17(11-13)25-3)19-18(21)12-5-8-14(9-6-12)20(22)23/h5-11,15H,4H2,1-3H3,(H,19,21)/t15-/m0/s1. The molecule has 0 unspecified atom stereocenters. The number of non-ortho nitro benzene ring substituents is 1. The summed E-state index contributed by atoms with van der Waals surface area (Å²) in [6.07, 6.45) is 0.675. The van der Waals surface area contributed by atoms with E-state index in [1.165, 1.54) is 24.3 Å². The Morgan fingerprint density at radius 3 is 2.28 bits per heavy atom. The van der Waals surface area contributed by atoms with Gasteiger partial charge in [-0.05, 0) is 36.2 Å². The number of carbonyl (C=O) groups excluding carboxylic acids is 1. The summed E-state index contributed by atoms with van der Waals surface area (Å²) in [4.78, 5) is 22.6. The Morgan fingerprint density at radius 2 is 1.76 bits per heavy atom. The topological polar surface area (TPSA) is 90.7 Å². The van der Waals surface area contributed by atoms with Crippen LogP contribution in [-0.4, -0.2) is 25.1 Å². The zero-order chi connectivity index (χ0) is 18.4. The second-order valence-corrected chi connectivity index (χ2v) is 5.35. The highest BCUT2D eigenvalue weighted by atomic mass is 16.6. The Hall–Kier alpha value is -3.09. The van der Waals surface area contributed by atoms with E-state index in [0.717, 1.165) is 5.56 Å². The smallest absolute Gasteiger partial charge is 0.269 e. The van der Waals surface area contributed by atoms with Gasteiger partial charge in [-0.1, -0.05) is 13.0 Å². The Bertz CT molecular complexity index is 759. The second kappa shape index (κ2) is 8.14. The maximum atomic E-state index is 12.4. The Balaban J connectivity index is 2.18. The largest absolute Gasteiger partial charge is 0.493 e. The van der Waals surface area contributed by atoms with Gasteiger partial charge in [-0.2, -0.15) is 0 Å². The van der Waals surface area contributed by atoms with E-state index in [9.17, 15) is 14.9 Å². The quantitative estimate of drug-likeness (QED) is 0.613. The average molecular weight is 344 g/mol. The van der Waals surface area contributed by atoms with Gasteiger partial charge in [-0.15, -0.1) is 0 Å². The number of methoxy groups -OCH3 is 2. The molecule has 0 radical (unpaired) electrons. The summed E-state index contributed by atoms with van der Waals surface area (Å²) < 4.78 is 10.5. The Kier molecular flexibility index (Phi) is 5.94. The molecule has 25 heavy (non-hydrogen) atoms. The highest BCUT2D eigenvalue weighted by Gasteiger charge is 2.17. The summed E-state index contributed by atoms with van der Waals surface area (Å²) in [5.74, 6) is 0.905. The molecule has 1 N–H and O–H groups in total. The van der Waals surface area contributed by atoms with E-state index in [-0.39, 0.29) is 17.6 Å². The van der Waals surface area contributed by atoms with Crippen LogP contribution >= 0.6 is 0 Å². The van der Waals surface area contributed by atoms with Crippen LogP contribution in [-0.2, 0) is 0 Å². The first kappa shape index (κ1) is 18.3. The molecule has 0 fully saturated rings. The zero-order valence-corrected chi connectivity index (χ0v) is 14.3. The van der Waals surface area contributed by atoms with Crippen molar-refractivity contribution in [3.8, 4) is 11.5 Å². The first-order valence-electron chi connectivity index (χ1n) is 7.77. The van der Waals surface area contributed by atoms with Gasteiger partial charge in [0.15, 0.2) is 11.5 Å². The van der Waals surface area contributed by atoms with Crippen molar-refractivity contribution in [2.24, 2.45) is 0 Å². The monoisotopic (exact) mass is 344 g/mol. The molecule has 2 rings (SSSR count). The number of nitro benzene ring substituents is 1. The van der Waals surface area contributed by atoms with Crippen molar-refractivity contribution in [3.63, 3.8) is 0 Å². The third kappa shape index (κ3) is 4.26. The molecular weight excluding hydrogens is 324 g/mol. The molecule has 0 aliphatic carbocycles. The Morgan fingerprint density at radius 1 is 1.12 bits per heavy atom. The van der Waals surface area contributed by atoms with Gasteiger partial charge in [0.25, 0.3) is 11.6 Å². The number of nitro groups is 1. The molecule has 0 bridgehead atoms. The average Bonchev–Trinajstić information content (AvgIpc) is 2.65. The second-order valence-electron chi connectivity index (χ2n) is 5.35. The van der Waals surface area contributed by atoms with Crippen LogP contribution in [0.25, 0.3) is 0 Å². The first-order chi connectivity index (χ1) is 12.0. The number of benzene rings is 2. The van der Waals surface area contributed by atoms with Crippen LogP contribution in [0.4, 0.5) is 5.69 Å². The van der Waals surface area contributed by atoms with Crippen molar-refractivity contribution in [3.05, 3.63) is 63.7 Å². The molecule has 1 amide bonds. The molecule has 2 aromatic rings. The van der Waals surface area contributed by atoms with Crippen LogP contribution in [0.5, 0.6) is 11.5 Å². The summed E-state index contributed by atoms with van der Waals surface area (Å²) in [7, 11) is 3.11. The zero-order valence-electron chi connectivity index (χ0n) is 14.3. The van der Waals surface area contributed by atoms with E-state index >= 15 is 0 Å². The highest BCUT2D eigenvalue weighted by molar-refractivity contribution is 5.94. The lowest BCUT2D eigenvalue weighted by molar-refractivity contribution is -0.384. The number of carbonyl (C=O) groups is 1. The summed E-state index contributed by atoms with van der Waals surface area (Å²) in [5.41, 5.74) is 1.20. The minimum Gasteiger partial charge on any atom is -0.493 e. The van der Waals surface area contributed by atoms with E-state index in [4.69, 9.17) is 9.47 Å². The molecule has 7 heteroatoms. The van der Waals surface area contributed by atoms with Crippen LogP contribution in [0.1, 0.15) is 35.3 Å². The van der Waals surface area contributed by atoms with E-state index in [2.05, 4.69) is 5.32 Å². The van der Waals surface area contributed by atoms with Crippen molar-refractivity contribution in [2.45, 2.75) is 19.4 Å². The fraction of sp³-hybridized carbons (Fsp3) is 0.278. The molecular formula is C18H20N2O5. The predicted molar refractivity (Wildman–Crippen MR) is 93.1 cm³/mol. The van der Waals surface area contributed by atoms with E-state index in [0.29, 0.717) is 23.5 Å². The number of nitrogens with one attached hydrogen (secondary N) is 1. The van der Waals surface area contributed by atoms with Crippen molar-refractivity contribution < 1.29 is 19.2 Å². The summed E-state index contributed by atoms with van der Waals surface area (Å²) in [6, 6.07) is 10.8. The molecule has 0 heterocycles. The molecule has 0 saturated carbocycles. The number of nitrogens with zero attached hydrogens (tertiary/aromatic N) is 1. The van der Waals surface area contributed by atoms with Crippen LogP contribution in [0, 0.1) is 10.1 Å². The third-order valence-electron chi connectivity index (χ3n) is 3.86. The van der Waals surface area contributed by atoms with Gasteiger partial charge in [-0.3, -0.25) is 14.9 Å². The lowest BCUT2D eigenvalue weighted by Gasteiger charge is -2.19. The number of hydrogen-bond donors (Lipinski definition) is 1. The van der Waals surface area contributed by atoms with Gasteiger partial charge < -0.3 is 14.8 Å². The van der Waals surface area contributed by atoms with Crippen molar-refractivity contribution in [1.82, 2.24) is 5.32 Å². The van der Waals surface area contributed by atoms with E-state index in [1.54, 1.807) is 20.3 Å². The summed E-state index contributed by atoms with van der Waals surface area (Å²) in [6.45, 7) is 1.96. The number of rotatable bonds is 7. The van der Waals surface area contributed by atoms with Gasteiger partial charge in [0, 0.05) is 17.7 Å². The minimum absolute atomic E-state index is 0.0523. The van der Waals surface area contributed by atoms with Gasteiger partial charge >= 0.3 is 0 Å². The van der Waals surface area contributed by atoms with Crippen LogP contribution in [0.3, 0.4) is 0 Å². The fourth-order valence-electron chi connectivity index (χ4n) is 2.47. The minimum atomic E-state index is -0.500. The van der Waals surface area contributed by atoms with E-state index in [1.807, 2.05) is 19.1 Å². The molecule has 2 aromatic carbocycles. The molecule has 132 valence electrons. The van der Waals surface area contributed by atoms with Crippen LogP contribution in [0.15, 0.2) is 42.5 Å². The van der Waals surface area contributed by atoms with Gasteiger partial charge in [-0.25, -0.2) is 0 Å². The molecule has 0 aliphatic rings. The number of ether oxygens (including phenoxy) is 2. The molecule has 7 nitrogen and oxygen atoms in total. The molecule has 0 spiro atoms. The highest BCUT2D eigenvalue weighted by Crippen LogP contribution is 2.31. The van der Waals surface area contributed by atoms with Gasteiger partial charge in [0.1, 0.15) is 0 Å².